The predicted octanol–water partition coefficient (Wildman–Crippen LogP) is 3.76. The molecule has 3 unspecified atom stereocenters. The summed E-state index contributed by atoms with van der Waals surface area (Å²) in [4.78, 5) is 0. The molecule has 0 spiro atoms. The van der Waals surface area contributed by atoms with Gasteiger partial charge in [0, 0.05) is 6.04 Å². The molecule has 0 heterocycles. The summed E-state index contributed by atoms with van der Waals surface area (Å²) in [6.45, 7) is 10.4. The van der Waals surface area contributed by atoms with Crippen LogP contribution in [0.4, 0.5) is 0 Å². The lowest BCUT2D eigenvalue weighted by Gasteiger charge is -2.27. The van der Waals surface area contributed by atoms with Crippen LogP contribution in [-0.4, -0.2) is 12.6 Å². The van der Waals surface area contributed by atoms with Crippen molar-refractivity contribution in [3.05, 3.63) is 11.6 Å². The summed E-state index contributed by atoms with van der Waals surface area (Å²) in [5.41, 5.74) is 1.59. The Morgan fingerprint density at radius 3 is 2.87 bits per heavy atom. The van der Waals surface area contributed by atoms with Crippen molar-refractivity contribution in [1.82, 2.24) is 5.32 Å². The lowest BCUT2D eigenvalue weighted by atomic mass is 9.83. The molecular formula is C14H27N. The van der Waals surface area contributed by atoms with Gasteiger partial charge in [-0.3, -0.25) is 0 Å². The minimum atomic E-state index is 0.691. The zero-order valence-electron chi connectivity index (χ0n) is 10.8. The van der Waals surface area contributed by atoms with E-state index in [-0.39, 0.29) is 0 Å². The van der Waals surface area contributed by atoms with Gasteiger partial charge >= 0.3 is 0 Å². The van der Waals surface area contributed by atoms with E-state index in [0.717, 1.165) is 11.8 Å². The Kier molecular flexibility index (Phi) is 5.38. The molecule has 0 radical (unpaired) electrons. The maximum atomic E-state index is 3.67. The number of rotatable bonds is 5. The molecule has 0 amide bonds. The van der Waals surface area contributed by atoms with E-state index in [4.69, 9.17) is 0 Å². The Bertz CT molecular complexity index is 207. The lowest BCUT2D eigenvalue weighted by molar-refractivity contribution is 0.359. The first kappa shape index (κ1) is 12.8. The van der Waals surface area contributed by atoms with Gasteiger partial charge in [0.25, 0.3) is 0 Å². The highest BCUT2D eigenvalue weighted by Crippen LogP contribution is 2.27. The number of allylic oxidation sites excluding steroid dienone is 2. The van der Waals surface area contributed by atoms with Crippen molar-refractivity contribution < 1.29 is 0 Å². The molecule has 3 atom stereocenters. The second kappa shape index (κ2) is 6.32. The molecule has 0 fully saturated rings. The summed E-state index contributed by atoms with van der Waals surface area (Å²) >= 11 is 0. The highest BCUT2D eigenvalue weighted by molar-refractivity contribution is 5.06. The van der Waals surface area contributed by atoms with Crippen molar-refractivity contribution in [1.29, 1.82) is 0 Å². The van der Waals surface area contributed by atoms with Crippen molar-refractivity contribution in [2.45, 2.75) is 59.4 Å². The van der Waals surface area contributed by atoms with Crippen molar-refractivity contribution in [3.63, 3.8) is 0 Å². The molecule has 0 aromatic heterocycles. The van der Waals surface area contributed by atoms with Gasteiger partial charge < -0.3 is 5.32 Å². The van der Waals surface area contributed by atoms with Crippen molar-refractivity contribution in [3.8, 4) is 0 Å². The first-order valence-electron chi connectivity index (χ1n) is 6.52. The monoisotopic (exact) mass is 209 g/mol. The second-order valence-electron chi connectivity index (χ2n) is 5.39. The van der Waals surface area contributed by atoms with E-state index in [2.05, 4.69) is 39.1 Å². The third-order valence-corrected chi connectivity index (χ3v) is 3.36. The summed E-state index contributed by atoms with van der Waals surface area (Å²) < 4.78 is 0. The molecule has 15 heavy (non-hydrogen) atoms. The second-order valence-corrected chi connectivity index (χ2v) is 5.39. The van der Waals surface area contributed by atoms with Crippen molar-refractivity contribution >= 4 is 0 Å². The Morgan fingerprint density at radius 2 is 2.27 bits per heavy atom. The van der Waals surface area contributed by atoms with Gasteiger partial charge in [0.15, 0.2) is 0 Å². The average Bonchev–Trinajstić information content (AvgIpc) is 2.14. The molecule has 1 N–H and O–H groups in total. The Labute approximate surface area is 95.3 Å². The Balaban J connectivity index is 2.25. The van der Waals surface area contributed by atoms with Crippen LogP contribution in [0.25, 0.3) is 0 Å². The Hall–Kier alpha value is -0.300. The van der Waals surface area contributed by atoms with Crippen molar-refractivity contribution in [2.75, 3.05) is 6.54 Å². The molecule has 0 saturated heterocycles. The largest absolute Gasteiger partial charge is 0.314 e. The minimum absolute atomic E-state index is 0.691. The lowest BCUT2D eigenvalue weighted by Crippen LogP contribution is -2.32. The van der Waals surface area contributed by atoms with Gasteiger partial charge in [-0.05, 0) is 51.5 Å². The van der Waals surface area contributed by atoms with Crippen LogP contribution in [0.2, 0.25) is 0 Å². The van der Waals surface area contributed by atoms with Gasteiger partial charge in [-0.15, -0.1) is 0 Å². The van der Waals surface area contributed by atoms with Crippen LogP contribution >= 0.6 is 0 Å². The normalized spacial score (nSPS) is 28.7. The summed E-state index contributed by atoms with van der Waals surface area (Å²) in [6, 6.07) is 0.691. The van der Waals surface area contributed by atoms with Gasteiger partial charge in [-0.1, -0.05) is 31.9 Å². The third kappa shape index (κ3) is 4.83. The van der Waals surface area contributed by atoms with E-state index in [0.29, 0.717) is 6.04 Å². The molecule has 1 heteroatoms. The average molecular weight is 209 g/mol. The molecule has 1 nitrogen and oxygen atoms in total. The smallest absolute Gasteiger partial charge is 0.00387 e. The van der Waals surface area contributed by atoms with Crippen LogP contribution in [0, 0.1) is 11.8 Å². The molecule has 0 aliphatic heterocycles. The van der Waals surface area contributed by atoms with Gasteiger partial charge in [0.05, 0.1) is 0 Å². The van der Waals surface area contributed by atoms with Crippen LogP contribution in [0.3, 0.4) is 0 Å². The van der Waals surface area contributed by atoms with Gasteiger partial charge in [-0.25, -0.2) is 0 Å². The quantitative estimate of drug-likeness (QED) is 0.680. The summed E-state index contributed by atoms with van der Waals surface area (Å²) in [7, 11) is 0. The standard InChI is InChI=1S/C14H27N/c1-5-6-13(4)15-10-14-8-11(2)7-12(3)9-14/h7,11,13-15H,5-6,8-10H2,1-4H3. The fraction of sp³-hybridized carbons (Fsp3) is 0.857. The highest BCUT2D eigenvalue weighted by atomic mass is 14.9. The molecule has 1 aliphatic rings. The molecule has 1 aliphatic carbocycles. The first-order valence-corrected chi connectivity index (χ1v) is 6.52. The Morgan fingerprint density at radius 1 is 1.53 bits per heavy atom. The molecule has 0 aromatic carbocycles. The molecule has 1 rings (SSSR count). The van der Waals surface area contributed by atoms with E-state index in [1.165, 1.54) is 32.2 Å². The number of hydrogen-bond acceptors (Lipinski definition) is 1. The highest BCUT2D eigenvalue weighted by Gasteiger charge is 2.18. The molecule has 88 valence electrons. The molecule has 0 bridgehead atoms. The van der Waals surface area contributed by atoms with Gasteiger partial charge in [0.2, 0.25) is 0 Å². The topological polar surface area (TPSA) is 12.0 Å². The van der Waals surface area contributed by atoms with Crippen LogP contribution in [0.5, 0.6) is 0 Å². The zero-order chi connectivity index (χ0) is 11.3. The fourth-order valence-electron chi connectivity index (χ4n) is 2.74. The summed E-state index contributed by atoms with van der Waals surface area (Å²) in [6.07, 6.45) is 7.69. The third-order valence-electron chi connectivity index (χ3n) is 3.36. The predicted molar refractivity (Wildman–Crippen MR) is 68.0 cm³/mol. The van der Waals surface area contributed by atoms with E-state index >= 15 is 0 Å². The maximum absolute atomic E-state index is 3.67. The van der Waals surface area contributed by atoms with Gasteiger partial charge in [-0.2, -0.15) is 0 Å². The maximum Gasteiger partial charge on any atom is 0.00387 e. The zero-order valence-corrected chi connectivity index (χ0v) is 10.8. The van der Waals surface area contributed by atoms with Crippen LogP contribution in [-0.2, 0) is 0 Å². The van der Waals surface area contributed by atoms with E-state index in [1.807, 2.05) is 0 Å². The van der Waals surface area contributed by atoms with Crippen LogP contribution in [0.1, 0.15) is 53.4 Å². The van der Waals surface area contributed by atoms with Crippen LogP contribution < -0.4 is 5.32 Å². The molecular weight excluding hydrogens is 182 g/mol. The number of hydrogen-bond donors (Lipinski definition) is 1. The first-order chi connectivity index (χ1) is 7.11. The van der Waals surface area contributed by atoms with Gasteiger partial charge in [0.1, 0.15) is 0 Å². The van der Waals surface area contributed by atoms with E-state index < -0.39 is 0 Å². The van der Waals surface area contributed by atoms with Crippen LogP contribution in [0.15, 0.2) is 11.6 Å². The minimum Gasteiger partial charge on any atom is -0.314 e. The molecule has 0 aromatic rings. The van der Waals surface area contributed by atoms with E-state index in [1.54, 1.807) is 5.57 Å². The summed E-state index contributed by atoms with van der Waals surface area (Å²) in [5, 5.41) is 3.67. The SMILES string of the molecule is CCCC(C)NCC1CC(C)=CC(C)C1. The number of nitrogens with one attached hydrogen (secondary N) is 1. The van der Waals surface area contributed by atoms with Crippen molar-refractivity contribution in [2.24, 2.45) is 11.8 Å². The molecule has 0 saturated carbocycles. The summed E-state index contributed by atoms with van der Waals surface area (Å²) in [5.74, 6) is 1.65. The van der Waals surface area contributed by atoms with E-state index in [9.17, 15) is 0 Å². The fourth-order valence-corrected chi connectivity index (χ4v) is 2.74.